The van der Waals surface area contributed by atoms with Crippen LogP contribution in [-0.4, -0.2) is 18.6 Å². The smallest absolute Gasteiger partial charge is 0.337 e. The SMILES string of the molecule is COC(=O)c1ccc2c(c1)CCC(C(C)(N)Cc1ccccc1)=C2c1ccccc1. The lowest BCUT2D eigenvalue weighted by Crippen LogP contribution is -2.42. The van der Waals surface area contributed by atoms with Crippen molar-refractivity contribution >= 4 is 11.5 Å². The monoisotopic (exact) mass is 397 g/mol. The van der Waals surface area contributed by atoms with Crippen LogP contribution in [0.5, 0.6) is 0 Å². The fourth-order valence-corrected chi connectivity index (χ4v) is 4.47. The number of carbonyl (C=O) groups excluding carboxylic acids is 1. The molecule has 0 fully saturated rings. The number of fused-ring (bicyclic) bond motifs is 1. The molecule has 0 aromatic heterocycles. The molecule has 152 valence electrons. The lowest BCUT2D eigenvalue weighted by atomic mass is 9.73. The molecule has 0 spiro atoms. The maximum atomic E-state index is 12.0. The van der Waals surface area contributed by atoms with Gasteiger partial charge >= 0.3 is 5.97 Å². The van der Waals surface area contributed by atoms with E-state index in [2.05, 4.69) is 55.5 Å². The quantitative estimate of drug-likeness (QED) is 0.604. The van der Waals surface area contributed by atoms with Gasteiger partial charge in [-0.05, 0) is 71.7 Å². The maximum Gasteiger partial charge on any atom is 0.337 e. The van der Waals surface area contributed by atoms with Gasteiger partial charge in [0.1, 0.15) is 0 Å². The molecule has 0 radical (unpaired) electrons. The van der Waals surface area contributed by atoms with Gasteiger partial charge in [0, 0.05) is 5.54 Å². The van der Waals surface area contributed by atoms with Crippen LogP contribution in [0, 0.1) is 0 Å². The summed E-state index contributed by atoms with van der Waals surface area (Å²) in [5.41, 5.74) is 14.2. The molecule has 0 amide bonds. The summed E-state index contributed by atoms with van der Waals surface area (Å²) in [6.45, 7) is 2.13. The van der Waals surface area contributed by atoms with Crippen LogP contribution in [0.4, 0.5) is 0 Å². The first-order valence-corrected chi connectivity index (χ1v) is 10.3. The van der Waals surface area contributed by atoms with E-state index in [1.807, 2.05) is 30.3 Å². The van der Waals surface area contributed by atoms with E-state index in [0.717, 1.165) is 36.0 Å². The standard InChI is InChI=1S/C27H27NO2/c1-27(28,18-19-9-5-3-6-10-19)24-16-14-21-17-22(26(29)30-2)13-15-23(21)25(24)20-11-7-4-8-12-20/h3-13,15,17H,14,16,18,28H2,1-2H3. The lowest BCUT2D eigenvalue weighted by molar-refractivity contribution is 0.0600. The molecule has 2 N–H and O–H groups in total. The number of aryl methyl sites for hydroxylation is 1. The lowest BCUT2D eigenvalue weighted by Gasteiger charge is -2.35. The number of methoxy groups -OCH3 is 1. The van der Waals surface area contributed by atoms with Crippen LogP contribution >= 0.6 is 0 Å². The molecule has 0 heterocycles. The van der Waals surface area contributed by atoms with Gasteiger partial charge in [-0.2, -0.15) is 0 Å². The van der Waals surface area contributed by atoms with Gasteiger partial charge in [-0.3, -0.25) is 0 Å². The first kappa shape index (κ1) is 20.1. The Labute approximate surface area is 178 Å². The Bertz CT molecular complexity index is 1080. The van der Waals surface area contributed by atoms with Crippen LogP contribution in [0.2, 0.25) is 0 Å². The van der Waals surface area contributed by atoms with Gasteiger partial charge < -0.3 is 10.5 Å². The maximum absolute atomic E-state index is 12.0. The molecular formula is C27H27NO2. The molecule has 0 saturated carbocycles. The fraction of sp³-hybridized carbons (Fsp3) is 0.222. The molecule has 0 bridgehead atoms. The van der Waals surface area contributed by atoms with Gasteiger partial charge in [0.2, 0.25) is 0 Å². The van der Waals surface area contributed by atoms with E-state index in [-0.39, 0.29) is 5.97 Å². The van der Waals surface area contributed by atoms with Crippen LogP contribution in [0.15, 0.2) is 84.4 Å². The van der Waals surface area contributed by atoms with Gasteiger partial charge in [-0.15, -0.1) is 0 Å². The van der Waals surface area contributed by atoms with Gasteiger partial charge in [0.25, 0.3) is 0 Å². The van der Waals surface area contributed by atoms with Crippen molar-refractivity contribution in [2.24, 2.45) is 5.73 Å². The number of benzene rings is 3. The van der Waals surface area contributed by atoms with Crippen molar-refractivity contribution in [2.45, 2.75) is 31.7 Å². The average molecular weight is 398 g/mol. The zero-order chi connectivity index (χ0) is 21.1. The van der Waals surface area contributed by atoms with Crippen LogP contribution in [0.1, 0.15) is 46.0 Å². The molecule has 1 atom stereocenters. The number of nitrogens with two attached hydrogens (primary N) is 1. The number of carbonyl (C=O) groups is 1. The largest absolute Gasteiger partial charge is 0.465 e. The second-order valence-electron chi connectivity index (χ2n) is 8.16. The zero-order valence-corrected chi connectivity index (χ0v) is 17.5. The topological polar surface area (TPSA) is 52.3 Å². The van der Waals surface area contributed by atoms with Crippen molar-refractivity contribution in [3.63, 3.8) is 0 Å². The summed E-state index contributed by atoms with van der Waals surface area (Å²) in [6.07, 6.45) is 2.49. The van der Waals surface area contributed by atoms with E-state index in [0.29, 0.717) is 5.56 Å². The normalized spacial score (nSPS) is 15.3. The molecule has 1 unspecified atom stereocenters. The molecule has 0 saturated heterocycles. The number of ether oxygens (including phenoxy) is 1. The summed E-state index contributed by atoms with van der Waals surface area (Å²) < 4.78 is 4.91. The summed E-state index contributed by atoms with van der Waals surface area (Å²) in [4.78, 5) is 12.0. The minimum absolute atomic E-state index is 0.304. The third-order valence-corrected chi connectivity index (χ3v) is 5.91. The second kappa shape index (κ2) is 8.29. The van der Waals surface area contributed by atoms with E-state index in [1.165, 1.54) is 23.8 Å². The summed E-state index contributed by atoms with van der Waals surface area (Å²) >= 11 is 0. The summed E-state index contributed by atoms with van der Waals surface area (Å²) in [7, 11) is 1.42. The van der Waals surface area contributed by atoms with Crippen LogP contribution in [-0.2, 0) is 17.6 Å². The average Bonchev–Trinajstić information content (AvgIpc) is 2.78. The Morgan fingerprint density at radius 2 is 1.63 bits per heavy atom. The van der Waals surface area contributed by atoms with Gasteiger partial charge in [-0.25, -0.2) is 4.79 Å². The first-order chi connectivity index (χ1) is 14.5. The number of hydrogen-bond acceptors (Lipinski definition) is 3. The molecule has 3 heteroatoms. The van der Waals surface area contributed by atoms with E-state index in [1.54, 1.807) is 0 Å². The third kappa shape index (κ3) is 3.94. The Balaban J connectivity index is 1.85. The highest BCUT2D eigenvalue weighted by Gasteiger charge is 2.32. The Morgan fingerprint density at radius 1 is 0.967 bits per heavy atom. The minimum atomic E-state index is -0.481. The highest BCUT2D eigenvalue weighted by molar-refractivity contribution is 5.92. The van der Waals surface area contributed by atoms with Gasteiger partial charge in [-0.1, -0.05) is 66.7 Å². The number of esters is 1. The van der Waals surface area contributed by atoms with E-state index < -0.39 is 5.54 Å². The van der Waals surface area contributed by atoms with Crippen LogP contribution in [0.25, 0.3) is 5.57 Å². The number of rotatable bonds is 5. The number of hydrogen-bond donors (Lipinski definition) is 1. The minimum Gasteiger partial charge on any atom is -0.465 e. The first-order valence-electron chi connectivity index (χ1n) is 10.3. The fourth-order valence-electron chi connectivity index (χ4n) is 4.47. The summed E-state index contributed by atoms with van der Waals surface area (Å²) in [6, 6.07) is 26.7. The predicted molar refractivity (Wildman–Crippen MR) is 121 cm³/mol. The highest BCUT2D eigenvalue weighted by atomic mass is 16.5. The van der Waals surface area contributed by atoms with E-state index in [9.17, 15) is 4.79 Å². The molecule has 3 aromatic carbocycles. The summed E-state index contributed by atoms with van der Waals surface area (Å²) in [5, 5.41) is 0. The Hall–Kier alpha value is -3.17. The van der Waals surface area contributed by atoms with Crippen molar-refractivity contribution in [1.82, 2.24) is 0 Å². The van der Waals surface area contributed by atoms with Crippen molar-refractivity contribution in [3.8, 4) is 0 Å². The molecule has 1 aliphatic carbocycles. The molecule has 1 aliphatic rings. The highest BCUT2D eigenvalue weighted by Crippen LogP contribution is 2.41. The zero-order valence-electron chi connectivity index (χ0n) is 17.5. The Kier molecular flexibility index (Phi) is 5.56. The summed E-state index contributed by atoms with van der Waals surface area (Å²) in [5.74, 6) is -0.304. The molecule has 3 aromatic rings. The van der Waals surface area contributed by atoms with Gasteiger partial charge in [0.15, 0.2) is 0 Å². The van der Waals surface area contributed by atoms with Crippen molar-refractivity contribution in [1.29, 1.82) is 0 Å². The molecule has 0 aliphatic heterocycles. The van der Waals surface area contributed by atoms with Gasteiger partial charge in [0.05, 0.1) is 12.7 Å². The molecule has 4 rings (SSSR count). The Morgan fingerprint density at radius 3 is 2.30 bits per heavy atom. The van der Waals surface area contributed by atoms with Crippen LogP contribution < -0.4 is 5.73 Å². The predicted octanol–water partition coefficient (Wildman–Crippen LogP) is 5.18. The van der Waals surface area contributed by atoms with E-state index >= 15 is 0 Å². The van der Waals surface area contributed by atoms with Crippen molar-refractivity contribution in [2.75, 3.05) is 7.11 Å². The second-order valence-corrected chi connectivity index (χ2v) is 8.16. The molecular weight excluding hydrogens is 370 g/mol. The third-order valence-electron chi connectivity index (χ3n) is 5.91. The van der Waals surface area contributed by atoms with E-state index in [4.69, 9.17) is 10.5 Å². The van der Waals surface area contributed by atoms with Crippen molar-refractivity contribution in [3.05, 3.63) is 112 Å². The molecule has 30 heavy (non-hydrogen) atoms. The van der Waals surface area contributed by atoms with Crippen LogP contribution in [0.3, 0.4) is 0 Å². The molecule has 3 nitrogen and oxygen atoms in total. The van der Waals surface area contributed by atoms with Crippen molar-refractivity contribution < 1.29 is 9.53 Å².